The van der Waals surface area contributed by atoms with E-state index in [-0.39, 0.29) is 27.8 Å². The zero-order valence-corrected chi connectivity index (χ0v) is 13.1. The van der Waals surface area contributed by atoms with Crippen LogP contribution < -0.4 is 0 Å². The van der Waals surface area contributed by atoms with Gasteiger partial charge in [0.15, 0.2) is 0 Å². The third-order valence-corrected chi connectivity index (χ3v) is 3.48. The lowest BCUT2D eigenvalue weighted by molar-refractivity contribution is 0.0471. The number of rotatable bonds is 4. The van der Waals surface area contributed by atoms with Crippen molar-refractivity contribution in [2.75, 3.05) is 7.11 Å². The van der Waals surface area contributed by atoms with E-state index in [1.165, 1.54) is 19.2 Å². The molecule has 0 fully saturated rings. The molecule has 0 radical (unpaired) electrons. The highest BCUT2D eigenvalue weighted by Crippen LogP contribution is 2.28. The molecular weight excluding hydrogens is 327 g/mol. The van der Waals surface area contributed by atoms with Gasteiger partial charge < -0.3 is 9.47 Å². The lowest BCUT2D eigenvalue weighted by Gasteiger charge is -2.09. The predicted molar refractivity (Wildman–Crippen MR) is 83.4 cm³/mol. The van der Waals surface area contributed by atoms with Gasteiger partial charge in [0.05, 0.1) is 28.3 Å². The lowest BCUT2D eigenvalue weighted by atomic mass is 10.1. The molecule has 114 valence electrons. The van der Waals surface area contributed by atoms with E-state index in [0.29, 0.717) is 0 Å². The lowest BCUT2D eigenvalue weighted by Crippen LogP contribution is -2.09. The van der Waals surface area contributed by atoms with Crippen LogP contribution in [-0.4, -0.2) is 19.0 Å². The minimum atomic E-state index is -0.657. The first kappa shape index (κ1) is 16.3. The van der Waals surface area contributed by atoms with Crippen molar-refractivity contribution in [1.82, 2.24) is 0 Å². The van der Waals surface area contributed by atoms with Crippen LogP contribution in [0, 0.1) is 0 Å². The Labute approximate surface area is 137 Å². The van der Waals surface area contributed by atoms with Gasteiger partial charge in [-0.15, -0.1) is 0 Å². The molecule has 0 aromatic heterocycles. The van der Waals surface area contributed by atoms with E-state index in [0.717, 1.165) is 5.56 Å². The Bertz CT molecular complexity index is 676. The van der Waals surface area contributed by atoms with Crippen molar-refractivity contribution >= 4 is 35.1 Å². The van der Waals surface area contributed by atoms with Crippen molar-refractivity contribution in [2.24, 2.45) is 0 Å². The molecule has 0 amide bonds. The molecule has 0 aliphatic heterocycles. The van der Waals surface area contributed by atoms with E-state index in [1.807, 2.05) is 30.3 Å². The molecule has 0 N–H and O–H groups in total. The third-order valence-electron chi connectivity index (χ3n) is 2.88. The standard InChI is InChI=1S/C16H12Cl2O4/c1-21-15(19)11-7-12(17)14(13(18)8-11)16(20)22-9-10-5-3-2-4-6-10/h2-8H,9H2,1H3. The molecule has 22 heavy (non-hydrogen) atoms. The molecule has 2 aromatic rings. The molecule has 0 unspecified atom stereocenters. The fourth-order valence-corrected chi connectivity index (χ4v) is 2.44. The number of hydrogen-bond donors (Lipinski definition) is 0. The summed E-state index contributed by atoms with van der Waals surface area (Å²) in [6.45, 7) is 0.102. The maximum Gasteiger partial charge on any atom is 0.341 e. The fourth-order valence-electron chi connectivity index (χ4n) is 1.80. The van der Waals surface area contributed by atoms with Crippen LogP contribution in [-0.2, 0) is 16.1 Å². The molecule has 0 saturated heterocycles. The average Bonchev–Trinajstić information content (AvgIpc) is 2.52. The van der Waals surface area contributed by atoms with E-state index in [2.05, 4.69) is 4.74 Å². The first-order valence-electron chi connectivity index (χ1n) is 6.31. The minimum absolute atomic E-state index is 0.0203. The first-order valence-corrected chi connectivity index (χ1v) is 7.07. The maximum atomic E-state index is 12.1. The van der Waals surface area contributed by atoms with Crippen LogP contribution in [0.4, 0.5) is 0 Å². The Morgan fingerprint density at radius 2 is 1.59 bits per heavy atom. The van der Waals surface area contributed by atoms with Gasteiger partial charge in [-0.05, 0) is 17.7 Å². The summed E-state index contributed by atoms with van der Waals surface area (Å²) in [4.78, 5) is 23.6. The summed E-state index contributed by atoms with van der Waals surface area (Å²) in [5, 5.41) is 0.0666. The number of carbonyl (C=O) groups is 2. The van der Waals surface area contributed by atoms with Crippen LogP contribution in [0.25, 0.3) is 0 Å². The van der Waals surface area contributed by atoms with Crippen LogP contribution in [0.5, 0.6) is 0 Å². The van der Waals surface area contributed by atoms with Crippen LogP contribution in [0.1, 0.15) is 26.3 Å². The number of esters is 2. The SMILES string of the molecule is COC(=O)c1cc(Cl)c(C(=O)OCc2ccccc2)c(Cl)c1. The van der Waals surface area contributed by atoms with Gasteiger partial charge in [0, 0.05) is 0 Å². The number of methoxy groups -OCH3 is 1. The van der Waals surface area contributed by atoms with E-state index in [1.54, 1.807) is 0 Å². The Balaban J connectivity index is 2.18. The predicted octanol–water partition coefficient (Wildman–Crippen LogP) is 4.14. The molecule has 2 aromatic carbocycles. The van der Waals surface area contributed by atoms with Gasteiger partial charge in [0.2, 0.25) is 0 Å². The molecule has 0 aliphatic rings. The number of halogens is 2. The Kier molecular flexibility index (Phi) is 5.41. The Hall–Kier alpha value is -2.04. The van der Waals surface area contributed by atoms with Crippen molar-refractivity contribution in [3.63, 3.8) is 0 Å². The molecule has 0 aliphatic carbocycles. The van der Waals surface area contributed by atoms with Gasteiger partial charge in [-0.3, -0.25) is 0 Å². The second-order valence-electron chi connectivity index (χ2n) is 4.37. The summed E-state index contributed by atoms with van der Waals surface area (Å²) in [6.07, 6.45) is 0. The molecule has 0 saturated carbocycles. The number of benzene rings is 2. The largest absolute Gasteiger partial charge is 0.465 e. The number of ether oxygens (including phenoxy) is 2. The molecule has 2 rings (SSSR count). The summed E-state index contributed by atoms with van der Waals surface area (Å²) < 4.78 is 9.76. The first-order chi connectivity index (χ1) is 10.5. The second-order valence-corrected chi connectivity index (χ2v) is 5.18. The van der Waals surface area contributed by atoms with Crippen LogP contribution >= 0.6 is 23.2 Å². The Morgan fingerprint density at radius 3 is 2.14 bits per heavy atom. The highest BCUT2D eigenvalue weighted by molar-refractivity contribution is 6.39. The molecule has 6 heteroatoms. The van der Waals surface area contributed by atoms with Crippen molar-refractivity contribution in [3.8, 4) is 0 Å². The van der Waals surface area contributed by atoms with E-state index in [9.17, 15) is 9.59 Å². The van der Waals surface area contributed by atoms with Gasteiger partial charge in [-0.25, -0.2) is 9.59 Å². The van der Waals surface area contributed by atoms with Crippen molar-refractivity contribution in [2.45, 2.75) is 6.61 Å². The van der Waals surface area contributed by atoms with Crippen LogP contribution in [0.15, 0.2) is 42.5 Å². The molecule has 0 spiro atoms. The normalized spacial score (nSPS) is 10.1. The van der Waals surface area contributed by atoms with Crippen molar-refractivity contribution < 1.29 is 19.1 Å². The van der Waals surface area contributed by atoms with E-state index >= 15 is 0 Å². The van der Waals surface area contributed by atoms with Gasteiger partial charge >= 0.3 is 11.9 Å². The van der Waals surface area contributed by atoms with Gasteiger partial charge in [0.25, 0.3) is 0 Å². The Morgan fingerprint density at radius 1 is 1.00 bits per heavy atom. The van der Waals surface area contributed by atoms with Crippen LogP contribution in [0.3, 0.4) is 0 Å². The van der Waals surface area contributed by atoms with Gasteiger partial charge in [-0.2, -0.15) is 0 Å². The van der Waals surface area contributed by atoms with E-state index in [4.69, 9.17) is 27.9 Å². The molecule has 4 nitrogen and oxygen atoms in total. The topological polar surface area (TPSA) is 52.6 Å². The van der Waals surface area contributed by atoms with E-state index < -0.39 is 11.9 Å². The van der Waals surface area contributed by atoms with Crippen molar-refractivity contribution in [1.29, 1.82) is 0 Å². The third kappa shape index (κ3) is 3.78. The molecule has 0 bridgehead atoms. The highest BCUT2D eigenvalue weighted by atomic mass is 35.5. The number of carbonyl (C=O) groups excluding carboxylic acids is 2. The van der Waals surface area contributed by atoms with Gasteiger partial charge in [0.1, 0.15) is 6.61 Å². The zero-order chi connectivity index (χ0) is 16.1. The quantitative estimate of drug-likeness (QED) is 0.786. The zero-order valence-electron chi connectivity index (χ0n) is 11.6. The van der Waals surface area contributed by atoms with Crippen molar-refractivity contribution in [3.05, 3.63) is 69.2 Å². The molecular formula is C16H12Cl2O4. The summed E-state index contributed by atoms with van der Waals surface area (Å²) in [6, 6.07) is 11.8. The minimum Gasteiger partial charge on any atom is -0.465 e. The maximum absolute atomic E-state index is 12.1. The monoisotopic (exact) mass is 338 g/mol. The summed E-state index contributed by atoms with van der Waals surface area (Å²) in [5.74, 6) is -1.25. The molecule has 0 heterocycles. The van der Waals surface area contributed by atoms with Crippen LogP contribution in [0.2, 0.25) is 10.0 Å². The smallest absolute Gasteiger partial charge is 0.341 e. The average molecular weight is 339 g/mol. The van der Waals surface area contributed by atoms with Gasteiger partial charge in [-0.1, -0.05) is 53.5 Å². The second kappa shape index (κ2) is 7.29. The summed E-state index contributed by atoms with van der Waals surface area (Å²) >= 11 is 12.0. The summed E-state index contributed by atoms with van der Waals surface area (Å²) in [7, 11) is 1.24. The fraction of sp³-hybridized carbons (Fsp3) is 0.125. The highest BCUT2D eigenvalue weighted by Gasteiger charge is 2.20. The number of hydrogen-bond acceptors (Lipinski definition) is 4. The molecule has 0 atom stereocenters. The summed E-state index contributed by atoms with van der Waals surface area (Å²) in [5.41, 5.74) is 1.03.